The van der Waals surface area contributed by atoms with Gasteiger partial charge in [0.1, 0.15) is 12.0 Å². The summed E-state index contributed by atoms with van der Waals surface area (Å²) in [6.07, 6.45) is 7.29. The highest BCUT2D eigenvalue weighted by molar-refractivity contribution is 9.10. The van der Waals surface area contributed by atoms with E-state index < -0.39 is 0 Å². The van der Waals surface area contributed by atoms with Crippen LogP contribution in [-0.2, 0) is 0 Å². The fraction of sp³-hybridized carbons (Fsp3) is 0. The van der Waals surface area contributed by atoms with Crippen LogP contribution in [0.25, 0.3) is 11.4 Å². The van der Waals surface area contributed by atoms with Crippen molar-refractivity contribution in [3.63, 3.8) is 0 Å². The Bertz CT molecular complexity index is 393. The second kappa shape index (κ2) is 3.18. The normalized spacial score (nSPS) is 10.2. The lowest BCUT2D eigenvalue weighted by Crippen LogP contribution is -1.85. The van der Waals surface area contributed by atoms with Crippen LogP contribution in [0.4, 0.5) is 0 Å². The summed E-state index contributed by atoms with van der Waals surface area (Å²) < 4.78 is 0.679. The van der Waals surface area contributed by atoms with Crippen LogP contribution in [0.5, 0.6) is 5.75 Å². The zero-order valence-corrected chi connectivity index (χ0v) is 8.04. The van der Waals surface area contributed by atoms with Gasteiger partial charge in [-0.05, 0) is 15.9 Å². The summed E-state index contributed by atoms with van der Waals surface area (Å²) in [7, 11) is 0. The number of aromatic nitrogens is 3. The van der Waals surface area contributed by atoms with Crippen LogP contribution in [0, 0.1) is 6.20 Å². The third kappa shape index (κ3) is 1.42. The van der Waals surface area contributed by atoms with E-state index in [0.29, 0.717) is 15.9 Å². The first kappa shape index (κ1) is 8.25. The number of aromatic hydroxyl groups is 1. The predicted octanol–water partition coefficient (Wildman–Crippen LogP) is 1.74. The second-order valence-corrected chi connectivity index (χ2v) is 3.23. The Hall–Kier alpha value is -1.36. The van der Waals surface area contributed by atoms with Crippen LogP contribution in [0.15, 0.2) is 23.1 Å². The quantitative estimate of drug-likeness (QED) is 0.796. The highest BCUT2D eigenvalue weighted by Crippen LogP contribution is 2.31. The van der Waals surface area contributed by atoms with Crippen LogP contribution in [0.1, 0.15) is 0 Å². The van der Waals surface area contributed by atoms with E-state index in [4.69, 9.17) is 0 Å². The van der Waals surface area contributed by atoms with Crippen molar-refractivity contribution in [3.8, 4) is 17.1 Å². The van der Waals surface area contributed by atoms with Gasteiger partial charge in [0.25, 0.3) is 0 Å². The molecular formula is C8H5BrN3O. The maximum absolute atomic E-state index is 9.46. The maximum atomic E-state index is 9.46. The van der Waals surface area contributed by atoms with Crippen molar-refractivity contribution in [2.45, 2.75) is 0 Å². The minimum atomic E-state index is -0.0238. The van der Waals surface area contributed by atoms with Crippen LogP contribution < -0.4 is 0 Å². The Morgan fingerprint density at radius 1 is 1.54 bits per heavy atom. The molecule has 0 fully saturated rings. The van der Waals surface area contributed by atoms with Crippen molar-refractivity contribution in [1.29, 1.82) is 0 Å². The lowest BCUT2D eigenvalue weighted by Gasteiger charge is -2.01. The zero-order valence-electron chi connectivity index (χ0n) is 6.45. The minimum absolute atomic E-state index is 0.0238. The Labute approximate surface area is 82.8 Å². The maximum Gasteiger partial charge on any atom is 0.155 e. The molecular weight excluding hydrogens is 234 g/mol. The molecule has 2 N–H and O–H groups in total. The van der Waals surface area contributed by atoms with E-state index >= 15 is 0 Å². The first-order valence-corrected chi connectivity index (χ1v) is 4.33. The molecule has 0 saturated heterocycles. The second-order valence-electron chi connectivity index (χ2n) is 2.38. The molecule has 2 aromatic rings. The molecule has 0 aliphatic heterocycles. The smallest absolute Gasteiger partial charge is 0.155 e. The van der Waals surface area contributed by atoms with Crippen molar-refractivity contribution in [1.82, 2.24) is 15.0 Å². The molecule has 0 unspecified atom stereocenters. The van der Waals surface area contributed by atoms with Crippen LogP contribution in [-0.4, -0.2) is 20.1 Å². The zero-order chi connectivity index (χ0) is 9.26. The number of H-pyrrole nitrogens is 1. The molecule has 0 aliphatic rings. The number of halogens is 1. The predicted molar refractivity (Wildman–Crippen MR) is 50.0 cm³/mol. The summed E-state index contributed by atoms with van der Waals surface area (Å²) in [5.74, 6) is 0.562. The number of nitrogens with zero attached hydrogens (tertiary/aromatic N) is 2. The summed E-state index contributed by atoms with van der Waals surface area (Å²) in [6.45, 7) is 0. The van der Waals surface area contributed by atoms with Gasteiger partial charge in [-0.2, -0.15) is 0 Å². The van der Waals surface area contributed by atoms with E-state index in [1.54, 1.807) is 18.6 Å². The average Bonchev–Trinajstić information content (AvgIpc) is 2.57. The van der Waals surface area contributed by atoms with Gasteiger partial charge in [-0.25, -0.2) is 9.97 Å². The van der Waals surface area contributed by atoms with Gasteiger partial charge >= 0.3 is 0 Å². The van der Waals surface area contributed by atoms with E-state index in [0.717, 1.165) is 0 Å². The molecule has 5 heteroatoms. The standard InChI is InChI=1S/C8H5BrN3O/c9-5-3-10-4-6(13)7(5)8-11-1-2-12-8/h1-3,13H,(H,11,12). The van der Waals surface area contributed by atoms with Crippen LogP contribution >= 0.6 is 15.9 Å². The molecule has 13 heavy (non-hydrogen) atoms. The third-order valence-electron chi connectivity index (χ3n) is 1.56. The van der Waals surface area contributed by atoms with Crippen molar-refractivity contribution in [2.75, 3.05) is 0 Å². The van der Waals surface area contributed by atoms with Crippen molar-refractivity contribution >= 4 is 15.9 Å². The Morgan fingerprint density at radius 3 is 3.00 bits per heavy atom. The highest BCUT2D eigenvalue weighted by atomic mass is 79.9. The van der Waals surface area contributed by atoms with Crippen LogP contribution in [0.3, 0.4) is 0 Å². The highest BCUT2D eigenvalue weighted by Gasteiger charge is 2.10. The number of hydrogen-bond donors (Lipinski definition) is 2. The van der Waals surface area contributed by atoms with Crippen molar-refractivity contribution < 1.29 is 5.11 Å². The monoisotopic (exact) mass is 238 g/mol. The largest absolute Gasteiger partial charge is 0.505 e. The van der Waals surface area contributed by atoms with E-state index in [-0.39, 0.29) is 5.75 Å². The molecule has 0 bridgehead atoms. The summed E-state index contributed by atoms with van der Waals surface area (Å²) in [5, 5.41) is 9.46. The minimum Gasteiger partial charge on any atom is -0.505 e. The fourth-order valence-electron chi connectivity index (χ4n) is 1.01. The molecule has 0 amide bonds. The molecule has 0 spiro atoms. The summed E-state index contributed by atoms with van der Waals surface area (Å²) >= 11 is 3.27. The molecule has 65 valence electrons. The van der Waals surface area contributed by atoms with Gasteiger partial charge in [0.05, 0.1) is 10.0 Å². The van der Waals surface area contributed by atoms with E-state index in [1.807, 2.05) is 0 Å². The molecule has 0 saturated carbocycles. The summed E-state index contributed by atoms with van der Waals surface area (Å²) in [6, 6.07) is 0. The molecule has 0 aromatic carbocycles. The number of rotatable bonds is 1. The van der Waals surface area contributed by atoms with Gasteiger partial charge in [-0.15, -0.1) is 0 Å². The number of imidazole rings is 1. The molecule has 4 nitrogen and oxygen atoms in total. The number of hydrogen-bond acceptors (Lipinski definition) is 3. The topological polar surface area (TPSA) is 61.8 Å². The molecule has 2 rings (SSSR count). The number of nitrogens with one attached hydrogen (secondary N) is 1. The molecule has 0 aliphatic carbocycles. The van der Waals surface area contributed by atoms with Gasteiger partial charge in [-0.3, -0.25) is 0 Å². The lowest BCUT2D eigenvalue weighted by molar-refractivity contribution is 0.472. The van der Waals surface area contributed by atoms with Crippen molar-refractivity contribution in [2.24, 2.45) is 0 Å². The summed E-state index contributed by atoms with van der Waals surface area (Å²) in [4.78, 5) is 10.6. The van der Waals surface area contributed by atoms with Gasteiger partial charge < -0.3 is 10.1 Å². The number of pyridine rings is 1. The van der Waals surface area contributed by atoms with Gasteiger partial charge in [0, 0.05) is 18.6 Å². The SMILES string of the molecule is Oc1[c]ncc(Br)c1-c1ncc[nH]1. The van der Waals surface area contributed by atoms with E-state index in [2.05, 4.69) is 37.1 Å². The van der Waals surface area contributed by atoms with E-state index in [9.17, 15) is 5.11 Å². The first-order chi connectivity index (χ1) is 6.29. The lowest BCUT2D eigenvalue weighted by atomic mass is 10.2. The number of aromatic amines is 1. The average molecular weight is 239 g/mol. The van der Waals surface area contributed by atoms with Gasteiger partial charge in [0.15, 0.2) is 5.75 Å². The van der Waals surface area contributed by atoms with Crippen molar-refractivity contribution in [3.05, 3.63) is 29.3 Å². The van der Waals surface area contributed by atoms with Gasteiger partial charge in [0.2, 0.25) is 0 Å². The van der Waals surface area contributed by atoms with E-state index in [1.165, 1.54) is 0 Å². The molecule has 2 aromatic heterocycles. The molecule has 1 radical (unpaired) electrons. The first-order valence-electron chi connectivity index (χ1n) is 3.54. The third-order valence-corrected chi connectivity index (χ3v) is 2.16. The Kier molecular flexibility index (Phi) is 2.02. The van der Waals surface area contributed by atoms with Gasteiger partial charge in [-0.1, -0.05) is 0 Å². The Balaban J connectivity index is 2.64. The molecule has 2 heterocycles. The van der Waals surface area contributed by atoms with Crippen LogP contribution in [0.2, 0.25) is 0 Å². The fourth-order valence-corrected chi connectivity index (χ4v) is 1.49. The Morgan fingerprint density at radius 2 is 2.38 bits per heavy atom. The molecule has 0 atom stereocenters. The summed E-state index contributed by atoms with van der Waals surface area (Å²) in [5.41, 5.74) is 0.569.